The second-order valence-electron chi connectivity index (χ2n) is 4.72. The molecule has 6 heteroatoms. The minimum Gasteiger partial charge on any atom is -0.347 e. The Labute approximate surface area is 107 Å². The fraction of sp³-hybridized carbons (Fsp3) is 0.583. The van der Waals surface area contributed by atoms with Crippen LogP contribution in [0.5, 0.6) is 0 Å². The Bertz CT molecular complexity index is 408. The van der Waals surface area contributed by atoms with E-state index < -0.39 is 0 Å². The highest BCUT2D eigenvalue weighted by atomic mass is 16.2. The maximum Gasteiger partial charge on any atom is 0.241 e. The molecule has 1 aromatic heterocycles. The van der Waals surface area contributed by atoms with E-state index in [0.717, 1.165) is 13.1 Å². The summed E-state index contributed by atoms with van der Waals surface area (Å²) in [4.78, 5) is 26.4. The largest absolute Gasteiger partial charge is 0.347 e. The summed E-state index contributed by atoms with van der Waals surface area (Å²) in [6, 6.07) is 1.67. The number of carbonyl (C=O) groups is 1. The number of carbonyl (C=O) groups excluding carboxylic acids is 1. The van der Waals surface area contributed by atoms with Crippen LogP contribution in [0, 0.1) is 0 Å². The average Bonchev–Trinajstić information content (AvgIpc) is 2.39. The van der Waals surface area contributed by atoms with Gasteiger partial charge in [-0.1, -0.05) is 0 Å². The van der Waals surface area contributed by atoms with Gasteiger partial charge < -0.3 is 9.80 Å². The standard InChI is InChI=1S/C12H19N5O/c1-15(2)11(18)10-9-17(8-7-16(10)3)12-13-5-4-6-14-12/h4-6,10H,7-9H2,1-3H3/t10-/m1/s1. The summed E-state index contributed by atoms with van der Waals surface area (Å²) in [6.45, 7) is 2.32. The molecule has 0 aliphatic carbocycles. The SMILES string of the molecule is CN(C)C(=O)[C@H]1CN(c2ncccn2)CCN1C. The summed E-state index contributed by atoms with van der Waals surface area (Å²) in [5, 5.41) is 0. The molecule has 1 fully saturated rings. The zero-order chi connectivity index (χ0) is 13.1. The highest BCUT2D eigenvalue weighted by Gasteiger charge is 2.31. The Morgan fingerprint density at radius 3 is 2.61 bits per heavy atom. The van der Waals surface area contributed by atoms with Crippen molar-refractivity contribution in [2.24, 2.45) is 0 Å². The molecule has 0 N–H and O–H groups in total. The number of hydrogen-bond donors (Lipinski definition) is 0. The number of piperazine rings is 1. The molecular weight excluding hydrogens is 230 g/mol. The summed E-state index contributed by atoms with van der Waals surface area (Å²) < 4.78 is 0. The van der Waals surface area contributed by atoms with E-state index in [-0.39, 0.29) is 11.9 Å². The zero-order valence-electron chi connectivity index (χ0n) is 11.1. The van der Waals surface area contributed by atoms with Crippen LogP contribution in [0.15, 0.2) is 18.5 Å². The van der Waals surface area contributed by atoms with Gasteiger partial charge in [-0.3, -0.25) is 9.69 Å². The van der Waals surface area contributed by atoms with Crippen LogP contribution < -0.4 is 4.90 Å². The molecule has 0 saturated carbocycles. The second-order valence-corrected chi connectivity index (χ2v) is 4.72. The summed E-state index contributed by atoms with van der Waals surface area (Å²) in [6.07, 6.45) is 3.45. The van der Waals surface area contributed by atoms with Crippen molar-refractivity contribution in [2.45, 2.75) is 6.04 Å². The van der Waals surface area contributed by atoms with E-state index in [0.29, 0.717) is 12.5 Å². The van der Waals surface area contributed by atoms with Gasteiger partial charge in [0.05, 0.1) is 0 Å². The maximum atomic E-state index is 12.1. The van der Waals surface area contributed by atoms with Gasteiger partial charge >= 0.3 is 0 Å². The zero-order valence-corrected chi connectivity index (χ0v) is 11.1. The molecule has 0 spiro atoms. The smallest absolute Gasteiger partial charge is 0.241 e. The van der Waals surface area contributed by atoms with Gasteiger partial charge in [0.1, 0.15) is 6.04 Å². The Morgan fingerprint density at radius 1 is 1.33 bits per heavy atom. The third-order valence-corrected chi connectivity index (χ3v) is 3.21. The van der Waals surface area contributed by atoms with E-state index in [1.807, 2.05) is 7.05 Å². The van der Waals surface area contributed by atoms with Crippen LogP contribution in [-0.2, 0) is 4.79 Å². The van der Waals surface area contributed by atoms with Crippen molar-refractivity contribution >= 4 is 11.9 Å². The van der Waals surface area contributed by atoms with E-state index in [4.69, 9.17) is 0 Å². The van der Waals surface area contributed by atoms with Gasteiger partial charge in [0.2, 0.25) is 11.9 Å². The van der Waals surface area contributed by atoms with Crippen LogP contribution in [-0.4, -0.2) is 72.5 Å². The van der Waals surface area contributed by atoms with Crippen molar-refractivity contribution in [3.05, 3.63) is 18.5 Å². The molecule has 6 nitrogen and oxygen atoms in total. The van der Waals surface area contributed by atoms with Crippen LogP contribution in [0.1, 0.15) is 0 Å². The minimum atomic E-state index is -0.127. The molecule has 1 saturated heterocycles. The van der Waals surface area contributed by atoms with E-state index >= 15 is 0 Å². The van der Waals surface area contributed by atoms with E-state index in [1.54, 1.807) is 37.5 Å². The highest BCUT2D eigenvalue weighted by Crippen LogP contribution is 2.14. The maximum absolute atomic E-state index is 12.1. The van der Waals surface area contributed by atoms with Crippen LogP contribution >= 0.6 is 0 Å². The number of amides is 1. The third kappa shape index (κ3) is 2.59. The number of nitrogens with zero attached hydrogens (tertiary/aromatic N) is 5. The molecule has 0 radical (unpaired) electrons. The van der Waals surface area contributed by atoms with Crippen LogP contribution in [0.2, 0.25) is 0 Å². The molecule has 1 atom stereocenters. The topological polar surface area (TPSA) is 52.6 Å². The lowest BCUT2D eigenvalue weighted by molar-refractivity contribution is -0.134. The molecule has 98 valence electrons. The molecule has 1 aromatic rings. The van der Waals surface area contributed by atoms with Gasteiger partial charge in [-0.25, -0.2) is 9.97 Å². The van der Waals surface area contributed by atoms with E-state index in [2.05, 4.69) is 19.8 Å². The molecule has 18 heavy (non-hydrogen) atoms. The quantitative estimate of drug-likeness (QED) is 0.719. The molecule has 1 amide bonds. The third-order valence-electron chi connectivity index (χ3n) is 3.21. The first-order valence-corrected chi connectivity index (χ1v) is 6.03. The predicted molar refractivity (Wildman–Crippen MR) is 69.4 cm³/mol. The summed E-state index contributed by atoms with van der Waals surface area (Å²) in [5.74, 6) is 0.820. The molecule has 0 aromatic carbocycles. The van der Waals surface area contributed by atoms with Gasteiger partial charge in [-0.2, -0.15) is 0 Å². The first kappa shape index (κ1) is 12.8. The fourth-order valence-corrected chi connectivity index (χ4v) is 2.07. The van der Waals surface area contributed by atoms with Crippen LogP contribution in [0.4, 0.5) is 5.95 Å². The molecule has 1 aliphatic heterocycles. The highest BCUT2D eigenvalue weighted by molar-refractivity contribution is 5.82. The predicted octanol–water partition coefficient (Wildman–Crippen LogP) is -0.315. The lowest BCUT2D eigenvalue weighted by atomic mass is 10.1. The Kier molecular flexibility index (Phi) is 3.76. The molecule has 2 rings (SSSR count). The van der Waals surface area contributed by atoms with E-state index in [1.165, 1.54) is 0 Å². The molecule has 0 bridgehead atoms. The van der Waals surface area contributed by atoms with Crippen molar-refractivity contribution in [3.63, 3.8) is 0 Å². The van der Waals surface area contributed by atoms with Crippen molar-refractivity contribution in [1.29, 1.82) is 0 Å². The first-order valence-electron chi connectivity index (χ1n) is 6.03. The summed E-state index contributed by atoms with van der Waals surface area (Å²) in [7, 11) is 5.55. The van der Waals surface area contributed by atoms with Crippen LogP contribution in [0.3, 0.4) is 0 Å². The number of rotatable bonds is 2. The van der Waals surface area contributed by atoms with Crippen molar-refractivity contribution in [1.82, 2.24) is 19.8 Å². The van der Waals surface area contributed by atoms with Gasteiger partial charge in [0.15, 0.2) is 0 Å². The minimum absolute atomic E-state index is 0.123. The van der Waals surface area contributed by atoms with Crippen LogP contribution in [0.25, 0.3) is 0 Å². The lowest BCUT2D eigenvalue weighted by Gasteiger charge is -2.39. The lowest BCUT2D eigenvalue weighted by Crippen LogP contribution is -2.57. The second kappa shape index (κ2) is 5.30. The summed E-state index contributed by atoms with van der Waals surface area (Å²) >= 11 is 0. The Morgan fingerprint density at radius 2 is 2.00 bits per heavy atom. The number of hydrogen-bond acceptors (Lipinski definition) is 5. The van der Waals surface area contributed by atoms with Gasteiger partial charge in [-0.15, -0.1) is 0 Å². The molecule has 1 aliphatic rings. The number of aromatic nitrogens is 2. The fourth-order valence-electron chi connectivity index (χ4n) is 2.07. The average molecular weight is 249 g/mol. The first-order chi connectivity index (χ1) is 8.59. The summed E-state index contributed by atoms with van der Waals surface area (Å²) in [5.41, 5.74) is 0. The molecule has 0 unspecified atom stereocenters. The normalized spacial score (nSPS) is 20.8. The van der Waals surface area contributed by atoms with Crippen molar-refractivity contribution in [2.75, 3.05) is 45.7 Å². The Balaban J connectivity index is 2.12. The van der Waals surface area contributed by atoms with Gasteiger partial charge in [0, 0.05) is 46.1 Å². The monoisotopic (exact) mass is 249 g/mol. The van der Waals surface area contributed by atoms with Gasteiger partial charge in [0.25, 0.3) is 0 Å². The molecule has 2 heterocycles. The van der Waals surface area contributed by atoms with E-state index in [9.17, 15) is 4.79 Å². The van der Waals surface area contributed by atoms with Gasteiger partial charge in [-0.05, 0) is 13.1 Å². The van der Waals surface area contributed by atoms with Crippen molar-refractivity contribution in [3.8, 4) is 0 Å². The molecular formula is C12H19N5O. The number of anilines is 1. The Hall–Kier alpha value is -1.69. The van der Waals surface area contributed by atoms with Crippen molar-refractivity contribution < 1.29 is 4.79 Å². The number of likely N-dealkylation sites (N-methyl/N-ethyl adjacent to an activating group) is 2.